The number of imidazole rings is 1. The van der Waals surface area contributed by atoms with E-state index in [0.717, 1.165) is 25.2 Å². The third kappa shape index (κ3) is 4.49. The minimum atomic E-state index is -0.378. The lowest BCUT2D eigenvalue weighted by Gasteiger charge is -2.16. The van der Waals surface area contributed by atoms with E-state index < -0.39 is 0 Å². The van der Waals surface area contributed by atoms with E-state index in [1.165, 1.54) is 0 Å². The van der Waals surface area contributed by atoms with Crippen LogP contribution in [0, 0.1) is 12.8 Å². The van der Waals surface area contributed by atoms with E-state index >= 15 is 0 Å². The number of nitrogens with zero attached hydrogens (tertiary/aromatic N) is 2. The molecule has 0 aliphatic carbocycles. The number of hydrogen-bond donors (Lipinski definition) is 2. The van der Waals surface area contributed by atoms with Crippen molar-refractivity contribution in [2.45, 2.75) is 46.2 Å². The second kappa shape index (κ2) is 7.16. The second-order valence-corrected chi connectivity index (χ2v) is 4.87. The molecule has 3 N–H and O–H groups in total. The van der Waals surface area contributed by atoms with Gasteiger partial charge in [0.25, 0.3) is 0 Å². The maximum Gasteiger partial charge on any atom is 0.236 e. The van der Waals surface area contributed by atoms with Crippen LogP contribution in [0.1, 0.15) is 32.5 Å². The molecule has 0 radical (unpaired) electrons. The number of nitrogens with two attached hydrogens (primary N) is 1. The predicted molar refractivity (Wildman–Crippen MR) is 72.0 cm³/mol. The van der Waals surface area contributed by atoms with Gasteiger partial charge in [0.1, 0.15) is 5.82 Å². The third-order valence-corrected chi connectivity index (χ3v) is 2.99. The van der Waals surface area contributed by atoms with Gasteiger partial charge in [0.05, 0.1) is 6.04 Å². The van der Waals surface area contributed by atoms with Crippen molar-refractivity contribution in [2.24, 2.45) is 11.7 Å². The van der Waals surface area contributed by atoms with Crippen LogP contribution in [0.4, 0.5) is 0 Å². The summed E-state index contributed by atoms with van der Waals surface area (Å²) in [5.74, 6) is 1.30. The minimum absolute atomic E-state index is 0.0500. The summed E-state index contributed by atoms with van der Waals surface area (Å²) in [6, 6.07) is -0.378. The van der Waals surface area contributed by atoms with Crippen molar-refractivity contribution in [3.63, 3.8) is 0 Å². The summed E-state index contributed by atoms with van der Waals surface area (Å²) in [7, 11) is 0. The smallest absolute Gasteiger partial charge is 0.236 e. The monoisotopic (exact) mass is 252 g/mol. The van der Waals surface area contributed by atoms with Crippen molar-refractivity contribution in [2.75, 3.05) is 6.54 Å². The summed E-state index contributed by atoms with van der Waals surface area (Å²) in [6.45, 7) is 7.61. The van der Waals surface area contributed by atoms with E-state index in [2.05, 4.69) is 21.8 Å². The van der Waals surface area contributed by atoms with Gasteiger partial charge < -0.3 is 15.6 Å². The fourth-order valence-electron chi connectivity index (χ4n) is 1.85. The molecule has 1 amide bonds. The summed E-state index contributed by atoms with van der Waals surface area (Å²) >= 11 is 0. The Labute approximate surface area is 109 Å². The summed E-state index contributed by atoms with van der Waals surface area (Å²) in [5, 5.41) is 2.90. The van der Waals surface area contributed by atoms with Crippen LogP contribution in [0.3, 0.4) is 0 Å². The normalized spacial score (nSPS) is 14.2. The summed E-state index contributed by atoms with van der Waals surface area (Å²) in [5.41, 5.74) is 5.75. The van der Waals surface area contributed by atoms with Gasteiger partial charge >= 0.3 is 0 Å². The zero-order valence-corrected chi connectivity index (χ0v) is 11.5. The molecule has 1 aromatic heterocycles. The molecule has 102 valence electrons. The van der Waals surface area contributed by atoms with Crippen molar-refractivity contribution in [3.05, 3.63) is 18.2 Å². The lowest BCUT2D eigenvalue weighted by molar-refractivity contribution is -0.122. The lowest BCUT2D eigenvalue weighted by atomic mass is 10.1. The van der Waals surface area contributed by atoms with Gasteiger partial charge in [-0.15, -0.1) is 0 Å². The van der Waals surface area contributed by atoms with Crippen LogP contribution < -0.4 is 11.1 Å². The van der Waals surface area contributed by atoms with Crippen LogP contribution in [0.2, 0.25) is 0 Å². The molecule has 0 fully saturated rings. The largest absolute Gasteiger partial charge is 0.354 e. The van der Waals surface area contributed by atoms with Gasteiger partial charge in [-0.25, -0.2) is 4.98 Å². The molecule has 0 bridgehead atoms. The van der Waals surface area contributed by atoms with Gasteiger partial charge in [0, 0.05) is 25.5 Å². The Morgan fingerprint density at radius 1 is 1.61 bits per heavy atom. The highest BCUT2D eigenvalue weighted by Gasteiger charge is 2.13. The van der Waals surface area contributed by atoms with E-state index in [4.69, 9.17) is 5.73 Å². The van der Waals surface area contributed by atoms with Crippen LogP contribution in [0.25, 0.3) is 0 Å². The molecule has 2 unspecified atom stereocenters. The van der Waals surface area contributed by atoms with Crippen molar-refractivity contribution in [3.8, 4) is 0 Å². The highest BCUT2D eigenvalue weighted by molar-refractivity contribution is 5.81. The first kappa shape index (κ1) is 14.7. The zero-order valence-electron chi connectivity index (χ0n) is 11.5. The van der Waals surface area contributed by atoms with Crippen molar-refractivity contribution < 1.29 is 4.79 Å². The average molecular weight is 252 g/mol. The van der Waals surface area contributed by atoms with E-state index in [1.807, 2.05) is 20.0 Å². The number of carbonyl (C=O) groups is 1. The molecular formula is C13H24N4O. The van der Waals surface area contributed by atoms with Crippen LogP contribution in [-0.4, -0.2) is 28.0 Å². The molecule has 1 rings (SSSR count). The molecule has 0 aliphatic rings. The van der Waals surface area contributed by atoms with E-state index in [0.29, 0.717) is 12.5 Å². The molecule has 2 atom stereocenters. The summed E-state index contributed by atoms with van der Waals surface area (Å²) < 4.78 is 2.09. The third-order valence-electron chi connectivity index (χ3n) is 2.99. The lowest BCUT2D eigenvalue weighted by Crippen LogP contribution is -2.42. The molecule has 18 heavy (non-hydrogen) atoms. The Bertz CT molecular complexity index is 375. The maximum absolute atomic E-state index is 11.7. The summed E-state index contributed by atoms with van der Waals surface area (Å²) in [6.07, 6.45) is 5.41. The van der Waals surface area contributed by atoms with E-state index in [-0.39, 0.29) is 11.9 Å². The number of carbonyl (C=O) groups excluding carboxylic acids is 1. The maximum atomic E-state index is 11.7. The quantitative estimate of drug-likeness (QED) is 0.762. The highest BCUT2D eigenvalue weighted by atomic mass is 16.2. The van der Waals surface area contributed by atoms with Crippen LogP contribution in [0.15, 0.2) is 12.4 Å². The molecule has 0 saturated carbocycles. The van der Waals surface area contributed by atoms with Crippen molar-refractivity contribution in [1.82, 2.24) is 14.9 Å². The molecule has 0 saturated heterocycles. The van der Waals surface area contributed by atoms with Gasteiger partial charge in [-0.2, -0.15) is 0 Å². The van der Waals surface area contributed by atoms with Gasteiger partial charge in [-0.3, -0.25) is 4.79 Å². The van der Waals surface area contributed by atoms with Crippen LogP contribution in [0.5, 0.6) is 0 Å². The van der Waals surface area contributed by atoms with Gasteiger partial charge in [-0.05, 0) is 19.3 Å². The molecule has 0 aromatic carbocycles. The van der Waals surface area contributed by atoms with Crippen LogP contribution in [-0.2, 0) is 11.3 Å². The van der Waals surface area contributed by atoms with Gasteiger partial charge in [0.2, 0.25) is 5.91 Å². The summed E-state index contributed by atoms with van der Waals surface area (Å²) in [4.78, 5) is 15.8. The SMILES string of the molecule is CCCC(N)C(=O)NCC(C)Cn1ccnc1C. The molecule has 0 aliphatic heterocycles. The molecule has 5 nitrogen and oxygen atoms in total. The minimum Gasteiger partial charge on any atom is -0.354 e. The topological polar surface area (TPSA) is 72.9 Å². The first-order chi connectivity index (χ1) is 8.54. The number of hydrogen-bond acceptors (Lipinski definition) is 3. The molecular weight excluding hydrogens is 228 g/mol. The fourth-order valence-corrected chi connectivity index (χ4v) is 1.85. The number of amides is 1. The Morgan fingerprint density at radius 2 is 2.33 bits per heavy atom. The Hall–Kier alpha value is -1.36. The predicted octanol–water partition coefficient (Wildman–Crippen LogP) is 1.07. The highest BCUT2D eigenvalue weighted by Crippen LogP contribution is 2.03. The standard InChI is InChI=1S/C13H24N4O/c1-4-5-12(14)13(18)16-8-10(2)9-17-7-6-15-11(17)3/h6-7,10,12H,4-5,8-9,14H2,1-3H3,(H,16,18). The zero-order chi connectivity index (χ0) is 13.5. The Kier molecular flexibility index (Phi) is 5.85. The average Bonchev–Trinajstić information content (AvgIpc) is 2.72. The second-order valence-electron chi connectivity index (χ2n) is 4.87. The van der Waals surface area contributed by atoms with Crippen molar-refractivity contribution in [1.29, 1.82) is 0 Å². The first-order valence-electron chi connectivity index (χ1n) is 6.55. The Balaban J connectivity index is 2.31. The molecule has 1 heterocycles. The Morgan fingerprint density at radius 3 is 2.89 bits per heavy atom. The van der Waals surface area contributed by atoms with Gasteiger partial charge in [-0.1, -0.05) is 20.3 Å². The number of rotatable bonds is 7. The van der Waals surface area contributed by atoms with Gasteiger partial charge in [0.15, 0.2) is 0 Å². The van der Waals surface area contributed by atoms with E-state index in [9.17, 15) is 4.79 Å². The number of aryl methyl sites for hydroxylation is 1. The molecule has 1 aromatic rings. The van der Waals surface area contributed by atoms with Crippen LogP contribution >= 0.6 is 0 Å². The van der Waals surface area contributed by atoms with E-state index in [1.54, 1.807) is 6.20 Å². The molecule has 5 heteroatoms. The van der Waals surface area contributed by atoms with Crippen molar-refractivity contribution >= 4 is 5.91 Å². The first-order valence-corrected chi connectivity index (χ1v) is 6.55. The number of aromatic nitrogens is 2. The number of nitrogens with one attached hydrogen (secondary N) is 1. The fraction of sp³-hybridized carbons (Fsp3) is 0.692. The molecule has 0 spiro atoms.